The van der Waals surface area contributed by atoms with Crippen molar-refractivity contribution in [2.75, 3.05) is 9.62 Å². The second-order valence-corrected chi connectivity index (χ2v) is 9.77. The summed E-state index contributed by atoms with van der Waals surface area (Å²) in [5.74, 6) is -1.11. The number of hydrogen-bond acceptors (Lipinski definition) is 6. The van der Waals surface area contributed by atoms with Crippen molar-refractivity contribution in [3.05, 3.63) is 78.5 Å². The minimum atomic E-state index is -4.88. The number of sulfonamides is 1. The first kappa shape index (κ1) is 25.0. The van der Waals surface area contributed by atoms with Crippen molar-refractivity contribution < 1.29 is 35.9 Å². The molecule has 1 aliphatic heterocycles. The van der Waals surface area contributed by atoms with Gasteiger partial charge in [-0.05, 0) is 61.0 Å². The zero-order valence-corrected chi connectivity index (χ0v) is 19.4. The fraction of sp³-hybridized carbons (Fsp3) is 0.174. The van der Waals surface area contributed by atoms with Crippen LogP contribution < -0.4 is 19.7 Å². The Morgan fingerprint density at radius 1 is 1.06 bits per heavy atom. The Morgan fingerprint density at radius 2 is 1.72 bits per heavy atom. The van der Waals surface area contributed by atoms with Gasteiger partial charge in [-0.3, -0.25) is 9.52 Å². The molecule has 188 valence electrons. The topological polar surface area (TPSA) is 118 Å². The Hall–Kier alpha value is -4.13. The number of carbonyl (C=O) groups excluding carboxylic acids is 2. The van der Waals surface area contributed by atoms with Crippen LogP contribution in [0.3, 0.4) is 0 Å². The Labute approximate surface area is 204 Å². The average molecular weight is 520 g/mol. The number of nitrogens with zero attached hydrogens (tertiary/aromatic N) is 2. The number of hydrogen-bond donors (Lipinski definition) is 2. The Kier molecular flexibility index (Phi) is 6.35. The minimum Gasteiger partial charge on any atom is -0.406 e. The van der Waals surface area contributed by atoms with Crippen molar-refractivity contribution in [3.63, 3.8) is 0 Å². The van der Waals surface area contributed by atoms with Crippen LogP contribution in [0, 0.1) is 0 Å². The lowest BCUT2D eigenvalue weighted by atomic mass is 9.93. The molecule has 2 heterocycles. The van der Waals surface area contributed by atoms with E-state index in [4.69, 9.17) is 0 Å². The van der Waals surface area contributed by atoms with Crippen molar-refractivity contribution >= 4 is 33.5 Å². The zero-order chi connectivity index (χ0) is 26.1. The molecule has 3 amide bonds. The van der Waals surface area contributed by atoms with Crippen LogP contribution in [-0.2, 0) is 21.2 Å². The molecule has 1 aromatic heterocycles. The monoisotopic (exact) mass is 520 g/mol. The molecule has 13 heteroatoms. The molecule has 2 aromatic carbocycles. The van der Waals surface area contributed by atoms with Gasteiger partial charge < -0.3 is 10.1 Å². The summed E-state index contributed by atoms with van der Waals surface area (Å²) in [6, 6.07) is 14.2. The number of imide groups is 1. The van der Waals surface area contributed by atoms with Crippen LogP contribution in [0.25, 0.3) is 0 Å². The van der Waals surface area contributed by atoms with E-state index in [0.717, 1.165) is 29.2 Å². The number of benzene rings is 2. The van der Waals surface area contributed by atoms with Crippen LogP contribution in [0.1, 0.15) is 12.5 Å². The van der Waals surface area contributed by atoms with Crippen LogP contribution in [0.5, 0.6) is 5.75 Å². The van der Waals surface area contributed by atoms with Gasteiger partial charge in [0.1, 0.15) is 17.1 Å². The Balaban J connectivity index is 1.51. The van der Waals surface area contributed by atoms with Gasteiger partial charge in [0.15, 0.2) is 0 Å². The lowest BCUT2D eigenvalue weighted by Gasteiger charge is -2.22. The summed E-state index contributed by atoms with van der Waals surface area (Å²) in [7, 11) is -3.89. The van der Waals surface area contributed by atoms with E-state index in [-0.39, 0.29) is 22.8 Å². The zero-order valence-electron chi connectivity index (χ0n) is 18.6. The van der Waals surface area contributed by atoms with Gasteiger partial charge >= 0.3 is 12.4 Å². The number of ether oxygens (including phenoxy) is 1. The predicted octanol–water partition coefficient (Wildman–Crippen LogP) is 3.84. The van der Waals surface area contributed by atoms with Gasteiger partial charge in [-0.1, -0.05) is 18.2 Å². The van der Waals surface area contributed by atoms with Crippen LogP contribution in [0.15, 0.2) is 77.8 Å². The Morgan fingerprint density at radius 3 is 2.36 bits per heavy atom. The first-order valence-electron chi connectivity index (χ1n) is 10.4. The van der Waals surface area contributed by atoms with E-state index in [2.05, 4.69) is 19.8 Å². The van der Waals surface area contributed by atoms with Crippen molar-refractivity contribution in [2.24, 2.45) is 0 Å². The van der Waals surface area contributed by atoms with E-state index in [0.29, 0.717) is 5.56 Å². The SMILES string of the molecule is CC1(Cc2ccnc(NS(=O)(=O)c3ccccc3)c2)NC(=O)N(c2ccc(OC(F)(F)F)cc2)C1=O. The molecule has 1 atom stereocenters. The lowest BCUT2D eigenvalue weighted by Crippen LogP contribution is -2.46. The van der Waals surface area contributed by atoms with Crippen molar-refractivity contribution in [1.82, 2.24) is 10.3 Å². The average Bonchev–Trinajstić information content (AvgIpc) is 3.01. The van der Waals surface area contributed by atoms with Gasteiger partial charge in [0.05, 0.1) is 10.6 Å². The van der Waals surface area contributed by atoms with Crippen LogP contribution in [0.2, 0.25) is 0 Å². The number of alkyl halides is 3. The highest BCUT2D eigenvalue weighted by atomic mass is 32.2. The summed E-state index contributed by atoms with van der Waals surface area (Å²) in [5.41, 5.74) is -0.848. The highest BCUT2D eigenvalue weighted by molar-refractivity contribution is 7.92. The molecule has 0 radical (unpaired) electrons. The quantitative estimate of drug-likeness (QED) is 0.457. The molecular formula is C23H19F3N4O5S. The number of carbonyl (C=O) groups is 2. The molecule has 3 aromatic rings. The summed E-state index contributed by atoms with van der Waals surface area (Å²) >= 11 is 0. The van der Waals surface area contributed by atoms with E-state index in [1.165, 1.54) is 31.3 Å². The molecule has 1 aliphatic rings. The molecule has 9 nitrogen and oxygen atoms in total. The maximum Gasteiger partial charge on any atom is 0.573 e. The number of halogens is 3. The second kappa shape index (κ2) is 9.15. The molecule has 0 bridgehead atoms. The highest BCUT2D eigenvalue weighted by Crippen LogP contribution is 2.30. The van der Waals surface area contributed by atoms with Gasteiger partial charge in [-0.25, -0.2) is 23.1 Å². The van der Waals surface area contributed by atoms with Crippen LogP contribution >= 0.6 is 0 Å². The van der Waals surface area contributed by atoms with Gasteiger partial charge in [0, 0.05) is 12.6 Å². The summed E-state index contributed by atoms with van der Waals surface area (Å²) in [6.45, 7) is 1.49. The van der Waals surface area contributed by atoms with Gasteiger partial charge in [0.25, 0.3) is 15.9 Å². The number of rotatable bonds is 7. The maximum atomic E-state index is 13.2. The standard InChI is InChI=1S/C23H19F3N4O5S/c1-22(14-15-11-12-27-19(13-15)29-36(33,34)18-5-3-2-4-6-18)20(31)30(21(32)28-22)16-7-9-17(10-8-16)35-23(24,25)26/h2-13H,14H2,1H3,(H,27,29)(H,28,32). The molecule has 0 saturated carbocycles. The van der Waals surface area contributed by atoms with Gasteiger partial charge in [-0.2, -0.15) is 0 Å². The fourth-order valence-corrected chi connectivity index (χ4v) is 4.70. The van der Waals surface area contributed by atoms with E-state index < -0.39 is 39.6 Å². The third-order valence-electron chi connectivity index (χ3n) is 5.26. The van der Waals surface area contributed by atoms with Gasteiger partial charge in [-0.15, -0.1) is 13.2 Å². The molecule has 1 fully saturated rings. The van der Waals surface area contributed by atoms with Crippen molar-refractivity contribution in [3.8, 4) is 5.75 Å². The third-order valence-corrected chi connectivity index (χ3v) is 6.63. The highest BCUT2D eigenvalue weighted by Gasteiger charge is 2.48. The minimum absolute atomic E-state index is 0.00801. The lowest BCUT2D eigenvalue weighted by molar-refractivity contribution is -0.274. The number of anilines is 2. The molecule has 1 unspecified atom stereocenters. The van der Waals surface area contributed by atoms with Crippen LogP contribution in [0.4, 0.5) is 29.5 Å². The second-order valence-electron chi connectivity index (χ2n) is 8.09. The summed E-state index contributed by atoms with van der Waals surface area (Å²) in [5, 5.41) is 2.59. The number of amides is 3. The third kappa shape index (κ3) is 5.40. The smallest absolute Gasteiger partial charge is 0.406 e. The summed E-state index contributed by atoms with van der Waals surface area (Å²) in [4.78, 5) is 30.6. The van der Waals surface area contributed by atoms with Crippen molar-refractivity contribution in [1.29, 1.82) is 0 Å². The number of aromatic nitrogens is 1. The summed E-state index contributed by atoms with van der Waals surface area (Å²) < 4.78 is 68.5. The number of nitrogens with one attached hydrogen (secondary N) is 2. The molecular weight excluding hydrogens is 501 g/mol. The molecule has 0 spiro atoms. The molecule has 2 N–H and O–H groups in total. The largest absolute Gasteiger partial charge is 0.573 e. The predicted molar refractivity (Wildman–Crippen MR) is 123 cm³/mol. The number of urea groups is 1. The first-order valence-corrected chi connectivity index (χ1v) is 11.9. The van der Waals surface area contributed by atoms with E-state index in [9.17, 15) is 31.2 Å². The fourth-order valence-electron chi connectivity index (χ4n) is 3.68. The van der Waals surface area contributed by atoms with E-state index in [1.807, 2.05) is 0 Å². The molecule has 0 aliphatic carbocycles. The molecule has 4 rings (SSSR count). The van der Waals surface area contributed by atoms with E-state index >= 15 is 0 Å². The number of pyridine rings is 1. The van der Waals surface area contributed by atoms with Gasteiger partial charge in [0.2, 0.25) is 0 Å². The maximum absolute atomic E-state index is 13.2. The molecule has 1 saturated heterocycles. The molecule has 36 heavy (non-hydrogen) atoms. The van der Waals surface area contributed by atoms with Crippen LogP contribution in [-0.4, -0.2) is 37.2 Å². The summed E-state index contributed by atoms with van der Waals surface area (Å²) in [6.07, 6.45) is -3.52. The van der Waals surface area contributed by atoms with Crippen molar-refractivity contribution in [2.45, 2.75) is 30.1 Å². The Bertz CT molecular complexity index is 1400. The normalized spacial score (nSPS) is 18.2. The van der Waals surface area contributed by atoms with E-state index in [1.54, 1.807) is 24.3 Å². The first-order chi connectivity index (χ1) is 16.9.